The van der Waals surface area contributed by atoms with Crippen molar-refractivity contribution < 1.29 is 19.2 Å². The molecule has 4 aliphatic heterocycles. The summed E-state index contributed by atoms with van der Waals surface area (Å²) in [6.07, 6.45) is -0.0355. The molecular formula is C21H25ClN4O4. The zero-order chi connectivity index (χ0) is 21.8. The molecule has 0 aliphatic carbocycles. The number of piperidine rings is 2. The number of nitrogens with zero attached hydrogens (tertiary/aromatic N) is 3. The topological polar surface area (TPSA) is 90.0 Å². The summed E-state index contributed by atoms with van der Waals surface area (Å²) >= 11 is 6.52. The first-order valence-electron chi connectivity index (χ1n) is 10.1. The van der Waals surface area contributed by atoms with Crippen molar-refractivity contribution in [3.05, 3.63) is 35.9 Å². The van der Waals surface area contributed by atoms with Gasteiger partial charge in [0.2, 0.25) is 11.8 Å². The van der Waals surface area contributed by atoms with Crippen LogP contribution in [0.15, 0.2) is 30.3 Å². The second kappa shape index (κ2) is 7.27. The first-order valence-corrected chi connectivity index (χ1v) is 10.5. The highest BCUT2D eigenvalue weighted by atomic mass is 35.5. The molecule has 8 nitrogen and oxygen atoms in total. The number of fused-ring (bicyclic) bond motifs is 3. The van der Waals surface area contributed by atoms with Crippen LogP contribution in [-0.4, -0.2) is 69.1 Å². The predicted molar refractivity (Wildman–Crippen MR) is 109 cm³/mol. The van der Waals surface area contributed by atoms with Crippen LogP contribution in [0.2, 0.25) is 0 Å². The van der Waals surface area contributed by atoms with E-state index in [1.807, 2.05) is 44.2 Å². The molecule has 4 aliphatic rings. The second-order valence-electron chi connectivity index (χ2n) is 8.65. The Morgan fingerprint density at radius 3 is 2.53 bits per heavy atom. The van der Waals surface area contributed by atoms with Crippen LogP contribution in [-0.2, 0) is 20.9 Å². The SMILES string of the molecule is CC(C)[C@H]1CN(C)C(=O)N1C(=O)[C@@H]1C[C@@]2(Cl)NC(=O)[C@@H]1N(Cc1ccccc1)C2=O. The molecule has 1 N–H and O–H groups in total. The zero-order valence-electron chi connectivity index (χ0n) is 17.2. The van der Waals surface area contributed by atoms with Crippen LogP contribution in [0.3, 0.4) is 0 Å². The molecule has 5 amide bonds. The summed E-state index contributed by atoms with van der Waals surface area (Å²) in [5, 5.41) is 2.56. The number of likely N-dealkylation sites (N-methyl/N-ethyl adjacent to an activating group) is 1. The normalized spacial score (nSPS) is 31.0. The van der Waals surface area contributed by atoms with Gasteiger partial charge >= 0.3 is 6.03 Å². The van der Waals surface area contributed by atoms with E-state index in [0.29, 0.717) is 6.54 Å². The molecular weight excluding hydrogens is 408 g/mol. The average molecular weight is 433 g/mol. The lowest BCUT2D eigenvalue weighted by molar-refractivity contribution is -0.166. The van der Waals surface area contributed by atoms with Crippen LogP contribution in [0.1, 0.15) is 25.8 Å². The van der Waals surface area contributed by atoms with E-state index < -0.39 is 34.7 Å². The fourth-order valence-corrected chi connectivity index (χ4v) is 5.02. The maximum atomic E-state index is 13.6. The minimum Gasteiger partial charge on any atom is -0.328 e. The molecule has 5 rings (SSSR count). The van der Waals surface area contributed by atoms with E-state index in [-0.39, 0.29) is 31.0 Å². The predicted octanol–water partition coefficient (Wildman–Crippen LogP) is 1.39. The summed E-state index contributed by atoms with van der Waals surface area (Å²) in [6, 6.07) is 7.56. The number of rotatable bonds is 4. The van der Waals surface area contributed by atoms with E-state index in [2.05, 4.69) is 5.32 Å². The van der Waals surface area contributed by atoms with Crippen molar-refractivity contribution in [2.75, 3.05) is 13.6 Å². The van der Waals surface area contributed by atoms with Gasteiger partial charge in [0.1, 0.15) is 6.04 Å². The monoisotopic (exact) mass is 432 g/mol. The van der Waals surface area contributed by atoms with E-state index in [0.717, 1.165) is 5.56 Å². The lowest BCUT2D eigenvalue weighted by Gasteiger charge is -2.52. The van der Waals surface area contributed by atoms with E-state index in [4.69, 9.17) is 11.6 Å². The zero-order valence-corrected chi connectivity index (χ0v) is 17.9. The quantitative estimate of drug-likeness (QED) is 0.575. The fourth-order valence-electron chi connectivity index (χ4n) is 4.66. The Bertz CT molecular complexity index is 908. The summed E-state index contributed by atoms with van der Waals surface area (Å²) in [4.78, 5) is 54.6. The van der Waals surface area contributed by atoms with Crippen molar-refractivity contribution in [1.29, 1.82) is 0 Å². The molecule has 0 aromatic heterocycles. The number of hydrogen-bond donors (Lipinski definition) is 1. The lowest BCUT2D eigenvalue weighted by Crippen LogP contribution is -2.76. The molecule has 30 heavy (non-hydrogen) atoms. The van der Waals surface area contributed by atoms with Crippen LogP contribution in [0, 0.1) is 11.8 Å². The van der Waals surface area contributed by atoms with Crippen molar-refractivity contribution >= 4 is 35.4 Å². The van der Waals surface area contributed by atoms with E-state index >= 15 is 0 Å². The van der Waals surface area contributed by atoms with Gasteiger partial charge in [0.25, 0.3) is 5.91 Å². The summed E-state index contributed by atoms with van der Waals surface area (Å²) in [5.41, 5.74) is 0.828. The molecule has 1 aromatic carbocycles. The molecule has 4 heterocycles. The van der Waals surface area contributed by atoms with Gasteiger partial charge in [0, 0.05) is 26.6 Å². The number of hydrogen-bond acceptors (Lipinski definition) is 4. The van der Waals surface area contributed by atoms with E-state index in [1.165, 1.54) is 14.7 Å². The van der Waals surface area contributed by atoms with Crippen molar-refractivity contribution in [2.24, 2.45) is 11.8 Å². The van der Waals surface area contributed by atoms with Crippen LogP contribution >= 0.6 is 11.6 Å². The van der Waals surface area contributed by atoms with Gasteiger partial charge in [-0.2, -0.15) is 0 Å². The second-order valence-corrected chi connectivity index (χ2v) is 9.29. The minimum atomic E-state index is -1.68. The number of carbonyl (C=O) groups is 4. The Hall–Kier alpha value is -2.61. The van der Waals surface area contributed by atoms with Gasteiger partial charge in [-0.05, 0) is 11.5 Å². The molecule has 9 heteroatoms. The third kappa shape index (κ3) is 3.14. The van der Waals surface area contributed by atoms with Gasteiger partial charge < -0.3 is 15.1 Å². The number of carbonyl (C=O) groups excluding carboxylic acids is 4. The first kappa shape index (κ1) is 20.7. The first-order chi connectivity index (χ1) is 14.1. The van der Waals surface area contributed by atoms with Gasteiger partial charge in [-0.3, -0.25) is 19.3 Å². The number of piperazine rings is 1. The Morgan fingerprint density at radius 2 is 1.90 bits per heavy atom. The van der Waals surface area contributed by atoms with Crippen molar-refractivity contribution in [3.63, 3.8) is 0 Å². The standard InChI is InChI=1S/C21H25ClN4O4/c1-12(2)15-11-24(3)20(30)26(15)18(28)14-9-21(22)19(29)25(16(14)17(27)23-21)10-13-7-5-4-6-8-13/h4-8,12,14-16H,9-11H2,1-3H3,(H,23,27)/t14-,15-,16-,21-/m1/s1. The third-order valence-corrected chi connectivity index (χ3v) is 6.66. The Kier molecular flexibility index (Phi) is 5.00. The molecule has 0 radical (unpaired) electrons. The van der Waals surface area contributed by atoms with Crippen LogP contribution < -0.4 is 5.32 Å². The summed E-state index contributed by atoms with van der Waals surface area (Å²) in [6.45, 7) is 4.50. The summed E-state index contributed by atoms with van der Waals surface area (Å²) in [7, 11) is 1.65. The molecule has 4 atom stereocenters. The molecule has 0 saturated carbocycles. The number of benzene rings is 1. The summed E-state index contributed by atoms with van der Waals surface area (Å²) < 4.78 is 0. The number of amides is 5. The minimum absolute atomic E-state index is 0.0355. The van der Waals surface area contributed by atoms with Gasteiger partial charge in [-0.1, -0.05) is 55.8 Å². The highest BCUT2D eigenvalue weighted by molar-refractivity contribution is 6.37. The van der Waals surface area contributed by atoms with Gasteiger partial charge in [0.15, 0.2) is 5.00 Å². The molecule has 4 saturated heterocycles. The average Bonchev–Trinajstić information content (AvgIpc) is 3.00. The summed E-state index contributed by atoms with van der Waals surface area (Å²) in [5.74, 6) is -2.16. The van der Waals surface area contributed by atoms with E-state index in [9.17, 15) is 19.2 Å². The molecule has 0 unspecified atom stereocenters. The van der Waals surface area contributed by atoms with Gasteiger partial charge in [-0.25, -0.2) is 4.79 Å². The largest absolute Gasteiger partial charge is 0.328 e. The maximum absolute atomic E-state index is 13.6. The fraction of sp³-hybridized carbons (Fsp3) is 0.524. The van der Waals surface area contributed by atoms with Gasteiger partial charge in [0.05, 0.1) is 12.0 Å². The van der Waals surface area contributed by atoms with E-state index in [1.54, 1.807) is 7.05 Å². The number of urea groups is 1. The van der Waals surface area contributed by atoms with Gasteiger partial charge in [-0.15, -0.1) is 0 Å². The molecule has 0 spiro atoms. The van der Waals surface area contributed by atoms with Crippen LogP contribution in [0.25, 0.3) is 0 Å². The van der Waals surface area contributed by atoms with Crippen molar-refractivity contribution in [2.45, 2.75) is 43.9 Å². The highest BCUT2D eigenvalue weighted by Crippen LogP contribution is 2.41. The van der Waals surface area contributed by atoms with Crippen molar-refractivity contribution in [3.8, 4) is 0 Å². The molecule has 4 fully saturated rings. The van der Waals surface area contributed by atoms with Crippen LogP contribution in [0.5, 0.6) is 0 Å². The highest BCUT2D eigenvalue weighted by Gasteiger charge is 2.62. The van der Waals surface area contributed by atoms with Crippen LogP contribution in [0.4, 0.5) is 4.79 Å². The number of imide groups is 1. The smallest absolute Gasteiger partial charge is 0.326 e. The maximum Gasteiger partial charge on any atom is 0.326 e. The Labute approximate surface area is 180 Å². The lowest BCUT2D eigenvalue weighted by atomic mass is 9.79. The van der Waals surface area contributed by atoms with Crippen molar-refractivity contribution in [1.82, 2.24) is 20.0 Å². The third-order valence-electron chi connectivity index (χ3n) is 6.25. The number of alkyl halides is 1. The number of halogens is 1. The number of nitrogens with one attached hydrogen (secondary N) is 1. The molecule has 160 valence electrons. The Morgan fingerprint density at radius 1 is 1.23 bits per heavy atom. The Balaban J connectivity index is 1.68. The molecule has 1 aromatic rings. The molecule has 2 bridgehead atoms.